The Bertz CT molecular complexity index is 812. The summed E-state index contributed by atoms with van der Waals surface area (Å²) in [6.07, 6.45) is -1.04. The van der Waals surface area contributed by atoms with Crippen LogP contribution in [0.5, 0.6) is 0 Å². The van der Waals surface area contributed by atoms with Gasteiger partial charge in [0.15, 0.2) is 5.78 Å². The summed E-state index contributed by atoms with van der Waals surface area (Å²) >= 11 is 0. The Labute approximate surface area is 159 Å². The molecule has 6 nitrogen and oxygen atoms in total. The first kappa shape index (κ1) is 20.1. The first-order valence-corrected chi connectivity index (χ1v) is 8.15. The predicted molar refractivity (Wildman–Crippen MR) is 104 cm³/mol. The largest absolute Gasteiger partial charge is 0.322 e. The van der Waals surface area contributed by atoms with Crippen LogP contribution in [0.25, 0.3) is 0 Å². The third-order valence-corrected chi connectivity index (χ3v) is 4.63. The Balaban J connectivity index is 0.00000243. The summed E-state index contributed by atoms with van der Waals surface area (Å²) in [5.74, 6) is -0.563. The zero-order chi connectivity index (χ0) is 18.2. The molecule has 1 heterocycles. The lowest BCUT2D eigenvalue weighted by Crippen LogP contribution is -2.61. The van der Waals surface area contributed by atoms with Gasteiger partial charge in [0, 0.05) is 18.3 Å². The molecule has 5 N–H and O–H groups in total. The number of nitrogens with zero attached hydrogens (tertiary/aromatic N) is 1. The summed E-state index contributed by atoms with van der Waals surface area (Å²) in [7, 11) is 1.65. The van der Waals surface area contributed by atoms with E-state index in [1.54, 1.807) is 20.0 Å². The van der Waals surface area contributed by atoms with Gasteiger partial charge in [-0.3, -0.25) is 14.9 Å². The van der Waals surface area contributed by atoms with Crippen molar-refractivity contribution in [2.45, 2.75) is 24.7 Å². The van der Waals surface area contributed by atoms with E-state index < -0.39 is 17.7 Å². The van der Waals surface area contributed by atoms with Crippen molar-refractivity contribution in [2.24, 2.45) is 11.5 Å². The van der Waals surface area contributed by atoms with Gasteiger partial charge in [-0.15, -0.1) is 12.4 Å². The summed E-state index contributed by atoms with van der Waals surface area (Å²) in [6, 6.07) is 15.8. The second-order valence-electron chi connectivity index (χ2n) is 6.31. The van der Waals surface area contributed by atoms with Gasteiger partial charge in [-0.25, -0.2) is 0 Å². The van der Waals surface area contributed by atoms with E-state index in [0.29, 0.717) is 16.8 Å². The fraction of sp³-hybridized carbons (Fsp3) is 0.263. The summed E-state index contributed by atoms with van der Waals surface area (Å²) in [5.41, 5.74) is 12.8. The van der Waals surface area contributed by atoms with E-state index in [1.165, 1.54) is 4.90 Å². The molecule has 1 aliphatic rings. The molecule has 0 spiro atoms. The Morgan fingerprint density at radius 3 is 2.35 bits per heavy atom. The minimum absolute atomic E-state index is 0. The van der Waals surface area contributed by atoms with Gasteiger partial charge in [-0.1, -0.05) is 48.5 Å². The number of para-hydroxylation sites is 1. The Kier molecular flexibility index (Phi) is 5.83. The highest BCUT2D eigenvalue weighted by Crippen LogP contribution is 2.39. The minimum Gasteiger partial charge on any atom is -0.322 e. The predicted octanol–water partition coefficient (Wildman–Crippen LogP) is 1.12. The number of carbonyl (C=O) groups is 2. The number of hydrogen-bond donors (Lipinski definition) is 3. The molecule has 3 atom stereocenters. The molecule has 0 saturated carbocycles. The van der Waals surface area contributed by atoms with Crippen molar-refractivity contribution in [1.82, 2.24) is 5.32 Å². The van der Waals surface area contributed by atoms with Crippen molar-refractivity contribution in [3.63, 3.8) is 0 Å². The highest BCUT2D eigenvalue weighted by atomic mass is 35.5. The average Bonchev–Trinajstić information content (AvgIpc) is 2.72. The van der Waals surface area contributed by atoms with Crippen LogP contribution in [0, 0.1) is 0 Å². The maximum absolute atomic E-state index is 13.3. The topological polar surface area (TPSA) is 101 Å². The van der Waals surface area contributed by atoms with Crippen LogP contribution in [-0.2, 0) is 15.1 Å². The lowest BCUT2D eigenvalue weighted by Gasteiger charge is -2.36. The fourth-order valence-electron chi connectivity index (χ4n) is 3.40. The molecule has 0 aromatic heterocycles. The Morgan fingerprint density at radius 2 is 1.73 bits per heavy atom. The second kappa shape index (κ2) is 7.55. The summed E-state index contributed by atoms with van der Waals surface area (Å²) in [6.45, 7) is 1.64. The minimum atomic E-state index is -1.30. The summed E-state index contributed by atoms with van der Waals surface area (Å²) in [5, 5.41) is 3.08. The van der Waals surface area contributed by atoms with Crippen molar-refractivity contribution in [2.75, 3.05) is 11.9 Å². The van der Waals surface area contributed by atoms with E-state index >= 15 is 0 Å². The molecular formula is C19H23ClN4O2. The van der Waals surface area contributed by atoms with Crippen LogP contribution in [0.15, 0.2) is 54.6 Å². The molecule has 1 aliphatic heterocycles. The molecule has 0 fully saturated rings. The van der Waals surface area contributed by atoms with Gasteiger partial charge in [-0.05, 0) is 18.6 Å². The molecule has 138 valence electrons. The number of nitrogens with two attached hydrogens (primary N) is 2. The van der Waals surface area contributed by atoms with Crippen LogP contribution in [0.1, 0.15) is 18.1 Å². The van der Waals surface area contributed by atoms with E-state index in [2.05, 4.69) is 5.32 Å². The van der Waals surface area contributed by atoms with E-state index in [0.717, 1.165) is 0 Å². The van der Waals surface area contributed by atoms with Gasteiger partial charge < -0.3 is 16.4 Å². The number of benzene rings is 2. The van der Waals surface area contributed by atoms with Gasteiger partial charge in [0.05, 0.1) is 6.04 Å². The molecule has 3 rings (SSSR count). The molecule has 0 aliphatic carbocycles. The van der Waals surface area contributed by atoms with Crippen LogP contribution in [-0.4, -0.2) is 30.9 Å². The number of fused-ring (bicyclic) bond motifs is 1. The number of anilines is 1. The number of halogens is 1. The molecule has 0 radical (unpaired) electrons. The number of nitrogens with one attached hydrogen (secondary N) is 1. The van der Waals surface area contributed by atoms with Gasteiger partial charge in [0.1, 0.15) is 11.7 Å². The smallest absolute Gasteiger partial charge is 0.258 e. The number of ketones is 1. The fourth-order valence-corrected chi connectivity index (χ4v) is 3.40. The molecule has 1 amide bonds. The molecule has 2 aromatic carbocycles. The third-order valence-electron chi connectivity index (χ3n) is 4.63. The number of rotatable bonds is 3. The van der Waals surface area contributed by atoms with E-state index in [-0.39, 0.29) is 24.1 Å². The zero-order valence-corrected chi connectivity index (χ0v) is 15.5. The van der Waals surface area contributed by atoms with Gasteiger partial charge in [-0.2, -0.15) is 0 Å². The standard InChI is InChI=1S/C19H22N4O2.ClH/c1-12(20)16(24)19(13-8-4-3-5-9-13)14-10-6-7-11-15(14)23(2)18(25)17(21)22-19;/h3-12,17,22H,20-21H2,1-2H3;1H/t12-,17?,19-;/m0./s1. The van der Waals surface area contributed by atoms with Crippen molar-refractivity contribution < 1.29 is 9.59 Å². The quantitative estimate of drug-likeness (QED) is 0.747. The van der Waals surface area contributed by atoms with Crippen LogP contribution >= 0.6 is 12.4 Å². The van der Waals surface area contributed by atoms with Crippen LogP contribution in [0.4, 0.5) is 5.69 Å². The molecule has 0 bridgehead atoms. The molecule has 2 aromatic rings. The van der Waals surface area contributed by atoms with Crippen molar-refractivity contribution in [1.29, 1.82) is 0 Å². The highest BCUT2D eigenvalue weighted by molar-refractivity contribution is 6.04. The number of hydrogen-bond acceptors (Lipinski definition) is 5. The van der Waals surface area contributed by atoms with Crippen molar-refractivity contribution in [3.8, 4) is 0 Å². The summed E-state index contributed by atoms with van der Waals surface area (Å²) in [4.78, 5) is 27.4. The van der Waals surface area contributed by atoms with E-state index in [1.807, 2.05) is 48.5 Å². The molecule has 0 saturated heterocycles. The Hall–Kier alpha value is -2.25. The maximum Gasteiger partial charge on any atom is 0.258 e. The SMILES string of the molecule is C[C@H](N)C(=O)[C@@]1(c2ccccc2)NC(N)C(=O)N(C)c2ccccc21.Cl. The number of Topliss-reactive ketones (excluding diaryl/α,β-unsaturated/α-hetero) is 1. The number of carbonyl (C=O) groups excluding carboxylic acids is 2. The first-order valence-electron chi connectivity index (χ1n) is 8.15. The van der Waals surface area contributed by atoms with Gasteiger partial charge in [0.25, 0.3) is 5.91 Å². The molecule has 1 unspecified atom stereocenters. The van der Waals surface area contributed by atoms with Crippen LogP contribution in [0.2, 0.25) is 0 Å². The summed E-state index contributed by atoms with van der Waals surface area (Å²) < 4.78 is 0. The van der Waals surface area contributed by atoms with Crippen molar-refractivity contribution in [3.05, 3.63) is 65.7 Å². The van der Waals surface area contributed by atoms with Gasteiger partial charge >= 0.3 is 0 Å². The average molecular weight is 375 g/mol. The third kappa shape index (κ3) is 3.01. The van der Waals surface area contributed by atoms with Gasteiger partial charge in [0.2, 0.25) is 0 Å². The molecule has 26 heavy (non-hydrogen) atoms. The molecular weight excluding hydrogens is 352 g/mol. The lowest BCUT2D eigenvalue weighted by atomic mass is 9.76. The first-order chi connectivity index (χ1) is 11.9. The number of amides is 1. The van der Waals surface area contributed by atoms with E-state index in [9.17, 15) is 9.59 Å². The monoisotopic (exact) mass is 374 g/mol. The van der Waals surface area contributed by atoms with Crippen LogP contribution < -0.4 is 21.7 Å². The maximum atomic E-state index is 13.3. The van der Waals surface area contributed by atoms with Crippen LogP contribution in [0.3, 0.4) is 0 Å². The highest BCUT2D eigenvalue weighted by Gasteiger charge is 2.49. The Morgan fingerprint density at radius 1 is 1.15 bits per heavy atom. The second-order valence-corrected chi connectivity index (χ2v) is 6.31. The lowest BCUT2D eigenvalue weighted by molar-refractivity contribution is -0.126. The zero-order valence-electron chi connectivity index (χ0n) is 14.7. The van der Waals surface area contributed by atoms with Crippen molar-refractivity contribution >= 4 is 29.8 Å². The van der Waals surface area contributed by atoms with E-state index in [4.69, 9.17) is 11.5 Å². The normalized spacial score (nSPS) is 23.5. The molecule has 7 heteroatoms. The number of likely N-dealkylation sites (N-methyl/N-ethyl adjacent to an activating group) is 1.